The van der Waals surface area contributed by atoms with E-state index in [0.29, 0.717) is 18.5 Å². The summed E-state index contributed by atoms with van der Waals surface area (Å²) in [6.45, 7) is 5.85. The first-order valence-corrected chi connectivity index (χ1v) is 10.6. The molecule has 0 saturated carbocycles. The SMILES string of the molecule is CC1CCCN1CCCOc1ccc(-c2nc(CNc3ccc(F)cc3)co2)cc1. The molecular formula is C24H28FN3O2. The Labute approximate surface area is 176 Å². The minimum atomic E-state index is -0.252. The summed E-state index contributed by atoms with van der Waals surface area (Å²) in [6, 6.07) is 14.8. The molecule has 0 amide bonds. The number of nitrogens with zero attached hydrogens (tertiary/aromatic N) is 2. The predicted octanol–water partition coefficient (Wildman–Crippen LogP) is 5.35. The van der Waals surface area contributed by atoms with Gasteiger partial charge in [0.25, 0.3) is 0 Å². The van der Waals surface area contributed by atoms with Crippen molar-refractivity contribution in [2.45, 2.75) is 38.8 Å². The van der Waals surface area contributed by atoms with Gasteiger partial charge in [0.05, 0.1) is 18.8 Å². The molecule has 6 heteroatoms. The molecule has 0 spiro atoms. The van der Waals surface area contributed by atoms with Crippen molar-refractivity contribution in [1.82, 2.24) is 9.88 Å². The molecule has 1 aliphatic rings. The van der Waals surface area contributed by atoms with Crippen LogP contribution in [0.2, 0.25) is 0 Å². The summed E-state index contributed by atoms with van der Waals surface area (Å²) in [5.74, 6) is 1.18. The zero-order chi connectivity index (χ0) is 20.8. The average molecular weight is 410 g/mol. The molecule has 1 aromatic heterocycles. The van der Waals surface area contributed by atoms with Crippen LogP contribution in [0.5, 0.6) is 5.75 Å². The lowest BCUT2D eigenvalue weighted by atomic mass is 10.2. The first kappa shape index (κ1) is 20.4. The van der Waals surface area contributed by atoms with Crippen LogP contribution < -0.4 is 10.1 Å². The molecule has 4 rings (SSSR count). The summed E-state index contributed by atoms with van der Waals surface area (Å²) in [4.78, 5) is 7.06. The summed E-state index contributed by atoms with van der Waals surface area (Å²) in [5, 5.41) is 3.20. The van der Waals surface area contributed by atoms with Crippen LogP contribution in [-0.4, -0.2) is 35.6 Å². The van der Waals surface area contributed by atoms with E-state index in [1.54, 1.807) is 18.4 Å². The minimum Gasteiger partial charge on any atom is -0.494 e. The molecule has 1 atom stereocenters. The van der Waals surface area contributed by atoms with Crippen molar-refractivity contribution >= 4 is 5.69 Å². The van der Waals surface area contributed by atoms with Crippen molar-refractivity contribution in [2.24, 2.45) is 0 Å². The number of ether oxygens (including phenoxy) is 1. The third kappa shape index (κ3) is 5.39. The van der Waals surface area contributed by atoms with Crippen LogP contribution in [0.3, 0.4) is 0 Å². The van der Waals surface area contributed by atoms with Crippen LogP contribution in [-0.2, 0) is 6.54 Å². The summed E-state index contributed by atoms with van der Waals surface area (Å²) < 4.78 is 24.5. The highest BCUT2D eigenvalue weighted by Crippen LogP contribution is 2.23. The fraction of sp³-hybridized carbons (Fsp3) is 0.375. The van der Waals surface area contributed by atoms with Crippen molar-refractivity contribution in [1.29, 1.82) is 0 Å². The van der Waals surface area contributed by atoms with Gasteiger partial charge >= 0.3 is 0 Å². The molecule has 1 aliphatic heterocycles. The van der Waals surface area contributed by atoms with Gasteiger partial charge in [0.15, 0.2) is 0 Å². The van der Waals surface area contributed by atoms with E-state index in [2.05, 4.69) is 22.1 Å². The van der Waals surface area contributed by atoms with Crippen LogP contribution in [0.1, 0.15) is 31.9 Å². The van der Waals surface area contributed by atoms with Crippen LogP contribution in [0.4, 0.5) is 10.1 Å². The van der Waals surface area contributed by atoms with E-state index in [4.69, 9.17) is 9.15 Å². The smallest absolute Gasteiger partial charge is 0.226 e. The molecule has 0 bridgehead atoms. The second kappa shape index (κ2) is 9.76. The van der Waals surface area contributed by atoms with Crippen LogP contribution in [0, 0.1) is 5.82 Å². The number of hydrogen-bond donors (Lipinski definition) is 1. The maximum absolute atomic E-state index is 13.0. The number of aromatic nitrogens is 1. The second-order valence-electron chi connectivity index (χ2n) is 7.76. The maximum Gasteiger partial charge on any atom is 0.226 e. The van der Waals surface area contributed by atoms with Crippen LogP contribution >= 0.6 is 0 Å². The summed E-state index contributed by atoms with van der Waals surface area (Å²) in [6.07, 6.45) is 5.30. The van der Waals surface area contributed by atoms with Gasteiger partial charge in [-0.1, -0.05) is 0 Å². The number of oxazole rings is 1. The van der Waals surface area contributed by atoms with Crippen molar-refractivity contribution in [3.63, 3.8) is 0 Å². The van der Waals surface area contributed by atoms with Crippen LogP contribution in [0.25, 0.3) is 11.5 Å². The lowest BCUT2D eigenvalue weighted by Gasteiger charge is -2.20. The third-order valence-electron chi connectivity index (χ3n) is 5.52. The topological polar surface area (TPSA) is 50.5 Å². The summed E-state index contributed by atoms with van der Waals surface area (Å²) in [7, 11) is 0. The van der Waals surface area contributed by atoms with Gasteiger partial charge in [-0.25, -0.2) is 9.37 Å². The van der Waals surface area contributed by atoms with Gasteiger partial charge in [0.2, 0.25) is 5.89 Å². The van der Waals surface area contributed by atoms with Gasteiger partial charge in [0, 0.05) is 23.8 Å². The molecule has 0 radical (unpaired) electrons. The molecule has 5 nitrogen and oxygen atoms in total. The Bertz CT molecular complexity index is 924. The molecule has 2 aromatic carbocycles. The maximum atomic E-state index is 13.0. The molecule has 2 heterocycles. The number of hydrogen-bond acceptors (Lipinski definition) is 5. The third-order valence-corrected chi connectivity index (χ3v) is 5.52. The van der Waals surface area contributed by atoms with Gasteiger partial charge in [-0.05, 0) is 81.3 Å². The zero-order valence-corrected chi connectivity index (χ0v) is 17.3. The van der Waals surface area contributed by atoms with Gasteiger partial charge in [-0.3, -0.25) is 0 Å². The Balaban J connectivity index is 1.24. The van der Waals surface area contributed by atoms with E-state index in [1.807, 2.05) is 24.3 Å². The van der Waals surface area contributed by atoms with Gasteiger partial charge in [0.1, 0.15) is 17.8 Å². The van der Waals surface area contributed by atoms with E-state index in [9.17, 15) is 4.39 Å². The monoisotopic (exact) mass is 409 g/mol. The number of nitrogens with one attached hydrogen (secondary N) is 1. The molecule has 30 heavy (non-hydrogen) atoms. The van der Waals surface area contributed by atoms with E-state index >= 15 is 0 Å². The molecule has 3 aromatic rings. The Morgan fingerprint density at radius 3 is 2.70 bits per heavy atom. The first-order valence-electron chi connectivity index (χ1n) is 10.6. The van der Waals surface area contributed by atoms with Crippen LogP contribution in [0.15, 0.2) is 59.2 Å². The standard InChI is InChI=1S/C24H28FN3O2/c1-18-4-2-13-28(18)14-3-15-29-23-11-5-19(6-12-23)24-27-22(17-30-24)16-26-21-9-7-20(25)8-10-21/h5-12,17-18,26H,2-4,13-16H2,1H3. The number of benzene rings is 2. The largest absolute Gasteiger partial charge is 0.494 e. The van der Waals surface area contributed by atoms with Crippen molar-refractivity contribution in [3.05, 3.63) is 66.3 Å². The molecular weight excluding hydrogens is 381 g/mol. The number of halogens is 1. The highest BCUT2D eigenvalue weighted by molar-refractivity contribution is 5.54. The van der Waals surface area contributed by atoms with E-state index in [-0.39, 0.29) is 5.82 Å². The Kier molecular flexibility index (Phi) is 6.64. The molecule has 1 fully saturated rings. The van der Waals surface area contributed by atoms with Gasteiger partial charge in [-0.15, -0.1) is 0 Å². The van der Waals surface area contributed by atoms with E-state index < -0.39 is 0 Å². The zero-order valence-electron chi connectivity index (χ0n) is 17.3. The Morgan fingerprint density at radius 1 is 1.17 bits per heavy atom. The molecule has 1 unspecified atom stereocenters. The fourth-order valence-electron chi connectivity index (χ4n) is 3.76. The Morgan fingerprint density at radius 2 is 1.97 bits per heavy atom. The highest BCUT2D eigenvalue weighted by Gasteiger charge is 2.19. The normalized spacial score (nSPS) is 16.7. The number of likely N-dealkylation sites (tertiary alicyclic amines) is 1. The fourth-order valence-corrected chi connectivity index (χ4v) is 3.76. The van der Waals surface area contributed by atoms with E-state index in [0.717, 1.165) is 42.3 Å². The van der Waals surface area contributed by atoms with Gasteiger partial charge in [-0.2, -0.15) is 0 Å². The molecule has 0 aliphatic carbocycles. The lowest BCUT2D eigenvalue weighted by Crippen LogP contribution is -2.28. The first-order chi connectivity index (χ1) is 14.7. The molecule has 158 valence electrons. The minimum absolute atomic E-state index is 0.252. The molecule has 1 saturated heterocycles. The van der Waals surface area contributed by atoms with Crippen molar-refractivity contribution < 1.29 is 13.5 Å². The lowest BCUT2D eigenvalue weighted by molar-refractivity contribution is 0.230. The highest BCUT2D eigenvalue weighted by atomic mass is 19.1. The average Bonchev–Trinajstić information content (AvgIpc) is 3.40. The van der Waals surface area contributed by atoms with Crippen molar-refractivity contribution in [3.8, 4) is 17.2 Å². The quantitative estimate of drug-likeness (QED) is 0.483. The van der Waals surface area contributed by atoms with Gasteiger partial charge < -0.3 is 19.4 Å². The van der Waals surface area contributed by atoms with Crippen molar-refractivity contribution in [2.75, 3.05) is 25.0 Å². The summed E-state index contributed by atoms with van der Waals surface area (Å²) in [5.41, 5.74) is 2.52. The number of anilines is 1. The molecule has 1 N–H and O–H groups in total. The predicted molar refractivity (Wildman–Crippen MR) is 116 cm³/mol. The number of rotatable bonds is 9. The van der Waals surface area contributed by atoms with E-state index in [1.165, 1.54) is 31.5 Å². The summed E-state index contributed by atoms with van der Waals surface area (Å²) >= 11 is 0. The Hall–Kier alpha value is -2.86. The second-order valence-corrected chi connectivity index (χ2v) is 7.76.